The van der Waals surface area contributed by atoms with E-state index in [1.54, 1.807) is 12.3 Å². The Morgan fingerprint density at radius 3 is 2.85 bits per heavy atom. The van der Waals surface area contributed by atoms with E-state index in [-0.39, 0.29) is 5.91 Å². The van der Waals surface area contributed by atoms with Crippen molar-refractivity contribution in [3.05, 3.63) is 42.2 Å². The zero-order valence-electron chi connectivity index (χ0n) is 11.0. The second-order valence-corrected chi connectivity index (χ2v) is 5.11. The predicted octanol–water partition coefficient (Wildman–Crippen LogP) is 2.02. The van der Waals surface area contributed by atoms with Gasteiger partial charge in [-0.05, 0) is 37.5 Å². The van der Waals surface area contributed by atoms with Gasteiger partial charge in [0.05, 0.1) is 5.56 Å². The van der Waals surface area contributed by atoms with E-state index in [1.807, 2.05) is 28.8 Å². The van der Waals surface area contributed by atoms with E-state index in [9.17, 15) is 14.7 Å². The van der Waals surface area contributed by atoms with Crippen LogP contribution in [0.25, 0.3) is 5.52 Å². The van der Waals surface area contributed by atoms with Gasteiger partial charge in [0, 0.05) is 24.5 Å². The zero-order valence-corrected chi connectivity index (χ0v) is 11.0. The molecule has 0 spiro atoms. The van der Waals surface area contributed by atoms with E-state index in [2.05, 4.69) is 0 Å². The summed E-state index contributed by atoms with van der Waals surface area (Å²) in [7, 11) is 0. The number of likely N-dealkylation sites (tertiary alicyclic amines) is 1. The van der Waals surface area contributed by atoms with Crippen molar-refractivity contribution in [3.63, 3.8) is 0 Å². The number of aliphatic carboxylic acids is 1. The summed E-state index contributed by atoms with van der Waals surface area (Å²) >= 11 is 0. The first-order valence-corrected chi connectivity index (χ1v) is 6.77. The number of carboxylic acid groups (broad SMARTS) is 1. The summed E-state index contributed by atoms with van der Waals surface area (Å²) in [5, 5.41) is 9.25. The fourth-order valence-corrected chi connectivity index (χ4v) is 2.77. The third kappa shape index (κ3) is 2.15. The molecule has 1 aliphatic heterocycles. The quantitative estimate of drug-likeness (QED) is 0.909. The number of piperidine rings is 1. The summed E-state index contributed by atoms with van der Waals surface area (Å²) < 4.78 is 1.87. The topological polar surface area (TPSA) is 62.0 Å². The van der Waals surface area contributed by atoms with Crippen molar-refractivity contribution in [2.75, 3.05) is 6.54 Å². The van der Waals surface area contributed by atoms with Crippen LogP contribution in [0.15, 0.2) is 36.7 Å². The van der Waals surface area contributed by atoms with E-state index >= 15 is 0 Å². The number of nitrogens with zero attached hydrogens (tertiary/aromatic N) is 2. The van der Waals surface area contributed by atoms with Crippen LogP contribution in [0.3, 0.4) is 0 Å². The fraction of sp³-hybridized carbons (Fsp3) is 0.333. The number of hydrogen-bond donors (Lipinski definition) is 1. The second-order valence-electron chi connectivity index (χ2n) is 5.11. The van der Waals surface area contributed by atoms with Crippen molar-refractivity contribution in [1.29, 1.82) is 0 Å². The lowest BCUT2D eigenvalue weighted by molar-refractivity contribution is -0.143. The highest BCUT2D eigenvalue weighted by Gasteiger charge is 2.32. The average Bonchev–Trinajstić information content (AvgIpc) is 2.90. The largest absolute Gasteiger partial charge is 0.480 e. The molecule has 3 heterocycles. The molecule has 1 saturated heterocycles. The van der Waals surface area contributed by atoms with Crippen molar-refractivity contribution in [3.8, 4) is 0 Å². The van der Waals surface area contributed by atoms with Crippen LogP contribution >= 0.6 is 0 Å². The smallest absolute Gasteiger partial charge is 0.326 e. The maximum Gasteiger partial charge on any atom is 0.326 e. The average molecular weight is 272 g/mol. The number of pyridine rings is 1. The van der Waals surface area contributed by atoms with Gasteiger partial charge in [-0.15, -0.1) is 0 Å². The lowest BCUT2D eigenvalue weighted by Gasteiger charge is -2.32. The van der Waals surface area contributed by atoms with Gasteiger partial charge in [-0.25, -0.2) is 4.79 Å². The highest BCUT2D eigenvalue weighted by molar-refractivity contribution is 5.97. The molecular weight excluding hydrogens is 256 g/mol. The highest BCUT2D eigenvalue weighted by Crippen LogP contribution is 2.21. The van der Waals surface area contributed by atoms with E-state index < -0.39 is 12.0 Å². The van der Waals surface area contributed by atoms with Crippen LogP contribution in [0.4, 0.5) is 0 Å². The minimum atomic E-state index is -0.915. The van der Waals surface area contributed by atoms with E-state index in [4.69, 9.17) is 0 Å². The number of amides is 1. The third-order valence-corrected chi connectivity index (χ3v) is 3.80. The number of carboxylic acids is 1. The van der Waals surface area contributed by atoms with Crippen molar-refractivity contribution >= 4 is 17.4 Å². The van der Waals surface area contributed by atoms with Crippen molar-refractivity contribution in [2.24, 2.45) is 0 Å². The summed E-state index contributed by atoms with van der Waals surface area (Å²) in [5.41, 5.74) is 1.48. The Morgan fingerprint density at radius 1 is 1.25 bits per heavy atom. The maximum atomic E-state index is 12.5. The molecule has 0 aliphatic carbocycles. The Balaban J connectivity index is 1.92. The number of hydrogen-bond acceptors (Lipinski definition) is 2. The van der Waals surface area contributed by atoms with Crippen LogP contribution in [0.5, 0.6) is 0 Å². The molecule has 0 radical (unpaired) electrons. The van der Waals surface area contributed by atoms with Crippen LogP contribution in [-0.4, -0.2) is 38.9 Å². The Kier molecular flexibility index (Phi) is 3.18. The van der Waals surface area contributed by atoms with Crippen molar-refractivity contribution in [1.82, 2.24) is 9.30 Å². The lowest BCUT2D eigenvalue weighted by atomic mass is 10.0. The van der Waals surface area contributed by atoms with Crippen molar-refractivity contribution in [2.45, 2.75) is 25.3 Å². The van der Waals surface area contributed by atoms with E-state index in [0.29, 0.717) is 18.5 Å². The van der Waals surface area contributed by atoms with E-state index in [0.717, 1.165) is 18.4 Å². The number of carbonyl (C=O) groups excluding carboxylic acids is 1. The normalized spacial score (nSPS) is 19.2. The summed E-state index contributed by atoms with van der Waals surface area (Å²) in [6.07, 6.45) is 5.89. The van der Waals surface area contributed by atoms with Crippen molar-refractivity contribution < 1.29 is 14.7 Å². The van der Waals surface area contributed by atoms with Crippen LogP contribution in [0.2, 0.25) is 0 Å². The van der Waals surface area contributed by atoms with Crippen LogP contribution < -0.4 is 0 Å². The van der Waals surface area contributed by atoms with Gasteiger partial charge >= 0.3 is 5.97 Å². The van der Waals surface area contributed by atoms with Crippen LogP contribution in [0, 0.1) is 0 Å². The van der Waals surface area contributed by atoms with E-state index in [1.165, 1.54) is 4.90 Å². The van der Waals surface area contributed by atoms with Gasteiger partial charge in [0.15, 0.2) is 0 Å². The Bertz CT molecular complexity index is 629. The first kappa shape index (κ1) is 12.7. The van der Waals surface area contributed by atoms with Gasteiger partial charge < -0.3 is 14.4 Å². The first-order valence-electron chi connectivity index (χ1n) is 6.77. The molecule has 1 amide bonds. The molecule has 0 aromatic carbocycles. The molecule has 1 unspecified atom stereocenters. The molecule has 3 rings (SSSR count). The molecule has 1 fully saturated rings. The molecule has 0 bridgehead atoms. The predicted molar refractivity (Wildman–Crippen MR) is 73.7 cm³/mol. The number of fused-ring (bicyclic) bond motifs is 1. The summed E-state index contributed by atoms with van der Waals surface area (Å²) in [4.78, 5) is 25.3. The minimum Gasteiger partial charge on any atom is -0.480 e. The number of rotatable bonds is 2. The summed E-state index contributed by atoms with van der Waals surface area (Å²) in [5.74, 6) is -1.11. The van der Waals surface area contributed by atoms with Crippen LogP contribution in [-0.2, 0) is 4.79 Å². The maximum absolute atomic E-state index is 12.5. The Labute approximate surface area is 116 Å². The molecule has 0 saturated carbocycles. The van der Waals surface area contributed by atoms with Crippen LogP contribution in [0.1, 0.15) is 29.6 Å². The summed E-state index contributed by atoms with van der Waals surface area (Å²) in [6, 6.07) is 6.82. The minimum absolute atomic E-state index is 0.194. The molecule has 5 heteroatoms. The monoisotopic (exact) mass is 272 g/mol. The third-order valence-electron chi connectivity index (χ3n) is 3.80. The van der Waals surface area contributed by atoms with Gasteiger partial charge in [0.1, 0.15) is 6.04 Å². The zero-order chi connectivity index (χ0) is 14.1. The second kappa shape index (κ2) is 5.00. The van der Waals surface area contributed by atoms with Gasteiger partial charge in [0.25, 0.3) is 5.91 Å². The standard InChI is InChI=1S/C15H16N2O3/c18-14(17-8-4-2-6-13(17)15(19)20)11-9-12-5-1-3-7-16(12)10-11/h1,3,5,7,9-10,13H,2,4,6,8H2,(H,19,20). The molecule has 1 N–H and O–H groups in total. The molecule has 2 aromatic heterocycles. The molecule has 2 aromatic rings. The highest BCUT2D eigenvalue weighted by atomic mass is 16.4. The molecule has 104 valence electrons. The molecule has 1 atom stereocenters. The molecule has 5 nitrogen and oxygen atoms in total. The number of aromatic nitrogens is 1. The summed E-state index contributed by atoms with van der Waals surface area (Å²) in [6.45, 7) is 0.516. The SMILES string of the molecule is O=C(O)C1CCCCN1C(=O)c1cc2ccccn2c1. The molecule has 1 aliphatic rings. The number of carbonyl (C=O) groups is 2. The Hall–Kier alpha value is -2.30. The van der Waals surface area contributed by atoms with Gasteiger partial charge in [0.2, 0.25) is 0 Å². The lowest BCUT2D eigenvalue weighted by Crippen LogP contribution is -2.47. The first-order chi connectivity index (χ1) is 9.66. The fourth-order valence-electron chi connectivity index (χ4n) is 2.77. The Morgan fingerprint density at radius 2 is 2.10 bits per heavy atom. The van der Waals surface area contributed by atoms with Gasteiger partial charge in [-0.3, -0.25) is 4.79 Å². The molecular formula is C15H16N2O3. The van der Waals surface area contributed by atoms with Gasteiger partial charge in [-0.2, -0.15) is 0 Å². The van der Waals surface area contributed by atoms with Gasteiger partial charge in [-0.1, -0.05) is 6.07 Å². The molecule has 20 heavy (non-hydrogen) atoms.